The minimum Gasteiger partial charge on any atom is -0.506 e. The molecule has 4 N–H and O–H groups in total. The number of fused-ring (bicyclic) bond motifs is 4. The summed E-state index contributed by atoms with van der Waals surface area (Å²) in [6.07, 6.45) is 6.93. The van der Waals surface area contributed by atoms with Crippen LogP contribution in [0.3, 0.4) is 0 Å². The van der Waals surface area contributed by atoms with Gasteiger partial charge in [0.15, 0.2) is 8.32 Å². The summed E-state index contributed by atoms with van der Waals surface area (Å²) < 4.78 is 15.2. The number of aromatic hydroxyl groups is 1. The number of carbonyl (C=O) groups is 1. The van der Waals surface area contributed by atoms with Gasteiger partial charge in [0.05, 0.1) is 26.9 Å². The number of aliphatic hydroxyl groups is 1. The molecular formula is C48H62N6O6S2Si. The Labute approximate surface area is 378 Å². The molecule has 15 heteroatoms. The Hall–Kier alpha value is -4.22. The van der Waals surface area contributed by atoms with Gasteiger partial charge in [-0.05, 0) is 154 Å². The van der Waals surface area contributed by atoms with Crippen LogP contribution < -0.4 is 10.9 Å². The topological polar surface area (TPSA) is 155 Å². The van der Waals surface area contributed by atoms with Crippen molar-refractivity contribution in [1.29, 1.82) is 0 Å². The molecule has 0 amide bonds. The number of phenols is 1. The Balaban J connectivity index is 0.885. The number of rotatable bonds is 16. The van der Waals surface area contributed by atoms with Crippen LogP contribution in [-0.4, -0.2) is 81.7 Å². The van der Waals surface area contributed by atoms with E-state index in [4.69, 9.17) is 9.16 Å². The molecule has 0 aliphatic heterocycles. The maximum atomic E-state index is 13.6. The molecule has 2 atom stereocenters. The molecule has 336 valence electrons. The lowest BCUT2D eigenvalue weighted by molar-refractivity contribution is -0.169. The second-order valence-electron chi connectivity index (χ2n) is 19.1. The SMILES string of the molecule is Cc1ccc([C@@](O)(C(=O)OC2CCC(N(C)CCCn3nnc4cc(CNC[C@H](O[Si](C)(C)C(C)(C)C)c5ccc(O)c6[nH]c(=O)ccc56)c5c(c43)CCC5)CC2)c2cccs2)s1. The van der Waals surface area contributed by atoms with Gasteiger partial charge < -0.3 is 34.6 Å². The van der Waals surface area contributed by atoms with E-state index in [-0.39, 0.29) is 28.6 Å². The molecule has 0 bridgehead atoms. The van der Waals surface area contributed by atoms with Crippen molar-refractivity contribution in [2.75, 3.05) is 20.1 Å². The molecular weight excluding hydrogens is 849 g/mol. The number of carbonyl (C=O) groups excluding carboxylic acids is 1. The number of ether oxygens (including phenoxy) is 1. The first-order valence-corrected chi connectivity index (χ1v) is 27.0. The van der Waals surface area contributed by atoms with Crippen LogP contribution in [0, 0.1) is 6.92 Å². The summed E-state index contributed by atoms with van der Waals surface area (Å²) in [6.45, 7) is 16.1. The van der Waals surface area contributed by atoms with Crippen molar-refractivity contribution in [3.63, 3.8) is 0 Å². The van der Waals surface area contributed by atoms with E-state index < -0.39 is 19.9 Å². The molecule has 4 heterocycles. The number of thiophene rings is 2. The number of H-pyrrole nitrogens is 1. The fraction of sp³-hybridized carbons (Fsp3) is 0.500. The van der Waals surface area contributed by atoms with E-state index in [1.54, 1.807) is 18.2 Å². The molecule has 0 radical (unpaired) electrons. The van der Waals surface area contributed by atoms with Gasteiger partial charge in [0.2, 0.25) is 11.2 Å². The first-order valence-electron chi connectivity index (χ1n) is 22.4. The fourth-order valence-corrected chi connectivity index (χ4v) is 12.3. The number of aromatic amines is 1. The molecule has 0 unspecified atom stereocenters. The first-order chi connectivity index (χ1) is 30.0. The van der Waals surface area contributed by atoms with Crippen molar-refractivity contribution in [2.45, 2.75) is 134 Å². The Morgan fingerprint density at radius 1 is 1.06 bits per heavy atom. The van der Waals surface area contributed by atoms with Crippen molar-refractivity contribution in [3.05, 3.63) is 107 Å². The third kappa shape index (κ3) is 9.33. The van der Waals surface area contributed by atoms with E-state index in [1.165, 1.54) is 45.4 Å². The van der Waals surface area contributed by atoms with Crippen LogP contribution in [-0.2, 0) is 45.5 Å². The lowest BCUT2D eigenvalue weighted by Gasteiger charge is -2.39. The highest BCUT2D eigenvalue weighted by atomic mass is 32.1. The van der Waals surface area contributed by atoms with Gasteiger partial charge in [0.25, 0.3) is 0 Å². The first kappa shape index (κ1) is 45.3. The van der Waals surface area contributed by atoms with E-state index in [0.717, 1.165) is 91.3 Å². The minimum atomic E-state index is -2.22. The van der Waals surface area contributed by atoms with Gasteiger partial charge in [-0.25, -0.2) is 9.48 Å². The lowest BCUT2D eigenvalue weighted by atomic mass is 9.91. The number of benzene rings is 2. The number of nitrogens with one attached hydrogen (secondary N) is 2. The quantitative estimate of drug-likeness (QED) is 0.0547. The molecule has 1 saturated carbocycles. The highest BCUT2D eigenvalue weighted by molar-refractivity contribution is 7.13. The molecule has 8 rings (SSSR count). The minimum absolute atomic E-state index is 0.0123. The summed E-state index contributed by atoms with van der Waals surface area (Å²) in [6, 6.07) is 16.9. The van der Waals surface area contributed by atoms with E-state index >= 15 is 0 Å². The van der Waals surface area contributed by atoms with Gasteiger partial charge in [-0.1, -0.05) is 38.1 Å². The summed E-state index contributed by atoms with van der Waals surface area (Å²) in [5, 5.41) is 38.2. The van der Waals surface area contributed by atoms with E-state index in [2.05, 4.69) is 77.2 Å². The summed E-state index contributed by atoms with van der Waals surface area (Å²) in [5.74, 6) is -0.543. The molecule has 0 spiro atoms. The van der Waals surface area contributed by atoms with E-state index in [1.807, 2.05) is 36.6 Å². The zero-order valence-electron chi connectivity index (χ0n) is 37.6. The van der Waals surface area contributed by atoms with Crippen LogP contribution in [0.25, 0.3) is 21.9 Å². The Kier molecular flexibility index (Phi) is 13.2. The van der Waals surface area contributed by atoms with Crippen LogP contribution in [0.4, 0.5) is 0 Å². The van der Waals surface area contributed by atoms with Crippen LogP contribution in [0.1, 0.15) is 102 Å². The predicted molar refractivity (Wildman–Crippen MR) is 254 cm³/mol. The van der Waals surface area contributed by atoms with Gasteiger partial charge in [0, 0.05) is 42.0 Å². The van der Waals surface area contributed by atoms with Crippen LogP contribution >= 0.6 is 22.7 Å². The van der Waals surface area contributed by atoms with Gasteiger partial charge in [-0.2, -0.15) is 0 Å². The predicted octanol–water partition coefficient (Wildman–Crippen LogP) is 8.86. The normalized spacial score (nSPS) is 18.6. The number of pyridine rings is 1. The number of phenolic OH excluding ortho intramolecular Hbond substituents is 1. The smallest absolute Gasteiger partial charge is 0.349 e. The maximum absolute atomic E-state index is 13.6. The molecule has 0 saturated heterocycles. The number of hydrogen-bond donors (Lipinski definition) is 4. The van der Waals surface area contributed by atoms with Crippen molar-refractivity contribution in [2.24, 2.45) is 0 Å². The molecule has 6 aromatic rings. The largest absolute Gasteiger partial charge is 0.506 e. The average Bonchev–Trinajstić information content (AvgIpc) is 4.09. The number of aryl methyl sites for hydroxylation is 3. The third-order valence-corrected chi connectivity index (χ3v) is 20.4. The zero-order chi connectivity index (χ0) is 44.7. The van der Waals surface area contributed by atoms with Crippen LogP contribution in [0.5, 0.6) is 5.75 Å². The van der Waals surface area contributed by atoms with Crippen molar-refractivity contribution < 1.29 is 24.2 Å². The number of hydrogen-bond acceptors (Lipinski definition) is 12. The van der Waals surface area contributed by atoms with Gasteiger partial charge in [-0.15, -0.1) is 27.8 Å². The van der Waals surface area contributed by atoms with Crippen molar-refractivity contribution >= 4 is 58.9 Å². The molecule has 2 aliphatic rings. The van der Waals surface area contributed by atoms with Gasteiger partial charge in [0.1, 0.15) is 17.4 Å². The van der Waals surface area contributed by atoms with Crippen LogP contribution in [0.15, 0.2) is 64.8 Å². The Morgan fingerprint density at radius 3 is 2.56 bits per heavy atom. The molecule has 2 aromatic carbocycles. The Bertz CT molecular complexity index is 2630. The second-order valence-corrected chi connectivity index (χ2v) is 26.1. The van der Waals surface area contributed by atoms with Crippen molar-refractivity contribution in [1.82, 2.24) is 30.2 Å². The Morgan fingerprint density at radius 2 is 1.84 bits per heavy atom. The van der Waals surface area contributed by atoms with Gasteiger partial charge >= 0.3 is 5.97 Å². The molecule has 4 aromatic heterocycles. The van der Waals surface area contributed by atoms with Crippen LogP contribution in [0.2, 0.25) is 18.1 Å². The molecule has 1 fully saturated rings. The number of nitrogens with zero attached hydrogens (tertiary/aromatic N) is 4. The second kappa shape index (κ2) is 18.3. The average molecular weight is 911 g/mol. The summed E-state index contributed by atoms with van der Waals surface area (Å²) in [4.78, 5) is 33.3. The highest BCUT2D eigenvalue weighted by Crippen LogP contribution is 2.42. The molecule has 2 aliphatic carbocycles. The summed E-state index contributed by atoms with van der Waals surface area (Å²) in [7, 11) is -0.0347. The zero-order valence-corrected chi connectivity index (χ0v) is 40.3. The maximum Gasteiger partial charge on any atom is 0.349 e. The standard InChI is InChI=1S/C48H62N6O6S2Si/c1-30-14-22-42(62-30)48(58,41-13-9-26-61-41)46(57)59-33-17-15-32(16-18-33)53(5)24-10-25-54-45-37-12-8-11-34(37)31(27-38(45)51-52-54)28-49-29-40(60-63(6,7)47(2,3)4)35-19-21-39(55)44-36(35)20-23-43(56)50-44/h9,13-14,19-23,26-27,32-33,40,49,55,58H,8,10-12,15-18,24-25,28-29H2,1-7H3,(H,50,56)/t32?,33?,40-,48+/m0/s1. The van der Waals surface area contributed by atoms with Crippen molar-refractivity contribution in [3.8, 4) is 5.75 Å². The lowest BCUT2D eigenvalue weighted by Crippen LogP contribution is -2.43. The monoisotopic (exact) mass is 910 g/mol. The molecule has 12 nitrogen and oxygen atoms in total. The van der Waals surface area contributed by atoms with Gasteiger partial charge in [-0.3, -0.25) is 4.79 Å². The fourth-order valence-electron chi connectivity index (χ4n) is 9.21. The number of aromatic nitrogens is 4. The van der Waals surface area contributed by atoms with E-state index in [0.29, 0.717) is 34.4 Å². The summed E-state index contributed by atoms with van der Waals surface area (Å²) >= 11 is 2.79. The number of esters is 1. The highest BCUT2D eigenvalue weighted by Gasteiger charge is 2.45. The van der Waals surface area contributed by atoms with E-state index in [9.17, 15) is 19.8 Å². The molecule has 63 heavy (non-hydrogen) atoms. The third-order valence-electron chi connectivity index (χ3n) is 13.8. The summed E-state index contributed by atoms with van der Waals surface area (Å²) in [5.41, 5.74) is 5.39.